The summed E-state index contributed by atoms with van der Waals surface area (Å²) >= 11 is 0. The summed E-state index contributed by atoms with van der Waals surface area (Å²) < 4.78 is 37.7. The van der Waals surface area contributed by atoms with Crippen LogP contribution in [0.15, 0.2) is 0 Å². The van der Waals surface area contributed by atoms with Crippen LogP contribution in [0.3, 0.4) is 0 Å². The van der Waals surface area contributed by atoms with Gasteiger partial charge in [0.2, 0.25) is 5.79 Å². The van der Waals surface area contributed by atoms with Crippen LogP contribution in [0, 0.1) is 50.7 Å². The van der Waals surface area contributed by atoms with Gasteiger partial charge < -0.3 is 48.8 Å². The molecule has 9 rings (SSSR count). The third-order valence-electron chi connectivity index (χ3n) is 16.7. The molecule has 4 N–H and O–H groups in total. The second-order valence-electron chi connectivity index (χ2n) is 18.6. The second kappa shape index (κ2) is 9.28. The lowest BCUT2D eigenvalue weighted by atomic mass is 9.41. The number of hydrogen-bond donors (Lipinski definition) is 4. The molecule has 5 aliphatic carbocycles. The Morgan fingerprint density at radius 1 is 0.826 bits per heavy atom. The summed E-state index contributed by atoms with van der Waals surface area (Å²) in [4.78, 5) is 0. The van der Waals surface area contributed by atoms with Crippen LogP contribution in [0.25, 0.3) is 0 Å². The molecule has 9 fully saturated rings. The highest BCUT2D eigenvalue weighted by Crippen LogP contribution is 2.89. The van der Waals surface area contributed by atoms with Crippen molar-refractivity contribution < 1.29 is 48.8 Å². The molecule has 10 heteroatoms. The molecule has 46 heavy (non-hydrogen) atoms. The fourth-order valence-electron chi connectivity index (χ4n) is 14.5. The maximum absolute atomic E-state index is 12.2. The van der Waals surface area contributed by atoms with Crippen molar-refractivity contribution in [2.24, 2.45) is 50.7 Å². The molecule has 4 saturated heterocycles. The lowest BCUT2D eigenvalue weighted by molar-refractivity contribution is -0.348. The van der Waals surface area contributed by atoms with Crippen LogP contribution in [0.5, 0.6) is 0 Å². The van der Waals surface area contributed by atoms with E-state index in [-0.39, 0.29) is 57.9 Å². The van der Waals surface area contributed by atoms with Gasteiger partial charge >= 0.3 is 0 Å². The van der Waals surface area contributed by atoms with E-state index >= 15 is 0 Å². The number of hydrogen-bond acceptors (Lipinski definition) is 10. The zero-order chi connectivity index (χ0) is 32.6. The molecule has 0 aromatic carbocycles. The minimum absolute atomic E-state index is 0.0794. The average molecular weight is 649 g/mol. The van der Waals surface area contributed by atoms with Gasteiger partial charge in [-0.25, -0.2) is 0 Å². The van der Waals surface area contributed by atoms with Gasteiger partial charge in [-0.15, -0.1) is 0 Å². The Morgan fingerprint density at radius 3 is 2.28 bits per heavy atom. The zero-order valence-electron chi connectivity index (χ0n) is 28.6. The van der Waals surface area contributed by atoms with Crippen LogP contribution in [-0.4, -0.2) is 101 Å². The lowest BCUT2D eigenvalue weighted by Gasteiger charge is -2.64. The molecular formula is C36H56O10. The van der Waals surface area contributed by atoms with Crippen LogP contribution in [-0.2, 0) is 28.4 Å². The van der Waals surface area contributed by atoms with E-state index in [1.807, 2.05) is 0 Å². The Morgan fingerprint density at radius 2 is 1.57 bits per heavy atom. The lowest BCUT2D eigenvalue weighted by Crippen LogP contribution is -2.63. The maximum Gasteiger partial charge on any atom is 0.201 e. The number of aliphatic hydroxyl groups is 4. The van der Waals surface area contributed by atoms with E-state index in [2.05, 4.69) is 41.5 Å². The number of methoxy groups -OCH3 is 1. The van der Waals surface area contributed by atoms with Crippen molar-refractivity contribution in [3.05, 3.63) is 0 Å². The van der Waals surface area contributed by atoms with Gasteiger partial charge in [-0.2, -0.15) is 0 Å². The highest BCUT2D eigenvalue weighted by molar-refractivity contribution is 5.34. The van der Waals surface area contributed by atoms with Crippen molar-refractivity contribution in [2.75, 3.05) is 13.7 Å². The molecule has 0 bridgehead atoms. The maximum atomic E-state index is 12.2. The minimum Gasteiger partial charge on any atom is -0.392 e. The number of fused-ring (bicyclic) bond motifs is 6. The molecule has 3 spiro atoms. The molecule has 4 aliphatic heterocycles. The molecule has 0 amide bonds. The van der Waals surface area contributed by atoms with Gasteiger partial charge in [-0.05, 0) is 90.8 Å². The van der Waals surface area contributed by atoms with Crippen LogP contribution in [0.2, 0.25) is 0 Å². The van der Waals surface area contributed by atoms with Crippen molar-refractivity contribution in [2.45, 2.75) is 160 Å². The highest BCUT2D eigenvalue weighted by atomic mass is 16.8. The molecule has 2 unspecified atom stereocenters. The van der Waals surface area contributed by atoms with E-state index in [9.17, 15) is 20.4 Å². The molecular weight excluding hydrogens is 592 g/mol. The summed E-state index contributed by atoms with van der Waals surface area (Å²) in [5.74, 6) is 0.925. The summed E-state index contributed by atoms with van der Waals surface area (Å²) in [6.07, 6.45) is 1.74. The van der Waals surface area contributed by atoms with E-state index in [0.29, 0.717) is 24.2 Å². The van der Waals surface area contributed by atoms with E-state index in [1.165, 1.54) is 0 Å². The van der Waals surface area contributed by atoms with Crippen molar-refractivity contribution in [1.29, 1.82) is 0 Å². The molecule has 10 nitrogen and oxygen atoms in total. The molecule has 9 aliphatic rings. The zero-order valence-corrected chi connectivity index (χ0v) is 28.6. The molecule has 0 aromatic rings. The van der Waals surface area contributed by atoms with E-state index < -0.39 is 48.4 Å². The molecule has 5 saturated carbocycles. The predicted octanol–water partition coefficient (Wildman–Crippen LogP) is 3.11. The van der Waals surface area contributed by atoms with Crippen molar-refractivity contribution in [3.63, 3.8) is 0 Å². The topological polar surface area (TPSA) is 140 Å². The Kier molecular flexibility index (Phi) is 6.37. The second-order valence-corrected chi connectivity index (χ2v) is 18.6. The first-order valence-corrected chi connectivity index (χ1v) is 18.1. The highest BCUT2D eigenvalue weighted by Gasteiger charge is 2.86. The summed E-state index contributed by atoms with van der Waals surface area (Å²) in [6.45, 7) is 14.0. The SMILES string of the molecule is CO[C@@H]1O[C@]2(C[C@@H](C)[C@H]3[C@H](C[C@@]4(C)C5CCC6C(C)(C)[C@@H](O[C@@H]7OC[C@@H](O)[C@H](O)[C@H]7O)C[C@H](O)[C@@]67C[C@@]57CC[C@]34C)O2)[C@@H]2O[C@]12C. The first-order valence-electron chi connectivity index (χ1n) is 18.1. The number of ether oxygens (including phenoxy) is 6. The number of rotatable bonds is 3. The largest absolute Gasteiger partial charge is 0.392 e. The van der Waals surface area contributed by atoms with Crippen molar-refractivity contribution >= 4 is 0 Å². The third-order valence-corrected chi connectivity index (χ3v) is 16.7. The molecule has 4 heterocycles. The summed E-state index contributed by atoms with van der Waals surface area (Å²) in [5, 5.41) is 43.0. The van der Waals surface area contributed by atoms with Crippen LogP contribution in [0.1, 0.15) is 92.9 Å². The van der Waals surface area contributed by atoms with E-state index in [0.717, 1.165) is 44.9 Å². The molecule has 260 valence electrons. The Labute approximate surface area is 272 Å². The van der Waals surface area contributed by atoms with Gasteiger partial charge in [-0.1, -0.05) is 34.6 Å². The first kappa shape index (κ1) is 31.6. The molecule has 19 atom stereocenters. The van der Waals surface area contributed by atoms with Gasteiger partial charge in [0.1, 0.15) is 30.0 Å². The van der Waals surface area contributed by atoms with Crippen LogP contribution >= 0.6 is 0 Å². The van der Waals surface area contributed by atoms with Crippen molar-refractivity contribution in [1.82, 2.24) is 0 Å². The number of epoxide rings is 1. The van der Waals surface area contributed by atoms with Gasteiger partial charge in [0.25, 0.3) is 0 Å². The fraction of sp³-hybridized carbons (Fsp3) is 1.00. The molecule has 0 aromatic heterocycles. The third kappa shape index (κ3) is 3.44. The standard InChI is InChI=1S/C36H56O10/c1-17-13-36(28-33(6,45-28)29(41-7)46-36)44-19-14-32(5)21-9-8-20-30(2,3)23(43-27-26(40)25(39)18(37)15-42-27)12-22(38)35(20)16-34(21,35)11-10-31(32,4)24(17)19/h17-29,37-40H,8-16H2,1-7H3/t17-,18-,19+,20?,21?,22+,23+,24+,25+,26-,27+,28-,29-,31-,32+,33+,34+,35-,36-/m1/s1. The Bertz CT molecular complexity index is 1300. The van der Waals surface area contributed by atoms with E-state index in [4.69, 9.17) is 28.4 Å². The Balaban J connectivity index is 0.990. The Hall–Kier alpha value is -0.400. The summed E-state index contributed by atoms with van der Waals surface area (Å²) in [7, 11) is 1.69. The smallest absolute Gasteiger partial charge is 0.201 e. The van der Waals surface area contributed by atoms with Crippen molar-refractivity contribution in [3.8, 4) is 0 Å². The van der Waals surface area contributed by atoms with Gasteiger partial charge in [-0.3, -0.25) is 0 Å². The van der Waals surface area contributed by atoms with Gasteiger partial charge in [0.05, 0.1) is 24.9 Å². The monoisotopic (exact) mass is 648 g/mol. The minimum atomic E-state index is -1.34. The van der Waals surface area contributed by atoms with Crippen LogP contribution < -0.4 is 0 Å². The fourth-order valence-corrected chi connectivity index (χ4v) is 14.5. The van der Waals surface area contributed by atoms with E-state index in [1.54, 1.807) is 7.11 Å². The van der Waals surface area contributed by atoms with Gasteiger partial charge in [0, 0.05) is 25.4 Å². The summed E-state index contributed by atoms with van der Waals surface area (Å²) in [5.41, 5.74) is -0.519. The first-order chi connectivity index (χ1) is 21.5. The number of aliphatic hydroxyl groups excluding tert-OH is 4. The average Bonchev–Trinajstić information content (AvgIpc) is 3.85. The summed E-state index contributed by atoms with van der Waals surface area (Å²) in [6, 6.07) is 0. The predicted molar refractivity (Wildman–Crippen MR) is 163 cm³/mol. The van der Waals surface area contributed by atoms with Crippen LogP contribution in [0.4, 0.5) is 0 Å². The van der Waals surface area contributed by atoms with Gasteiger partial charge in [0.15, 0.2) is 12.6 Å². The normalized spacial score (nSPS) is 65.7. The molecule has 0 radical (unpaired) electrons. The quantitative estimate of drug-likeness (QED) is 0.267.